The van der Waals surface area contributed by atoms with Crippen LogP contribution in [-0.2, 0) is 0 Å². The van der Waals surface area contributed by atoms with Crippen LogP contribution in [0.25, 0.3) is 0 Å². The first kappa shape index (κ1) is 14.0. The molecule has 1 N–H and O–H groups in total. The number of allylic oxidation sites excluding steroid dienone is 1. The molecular formula is C10H18I2O. The zero-order chi connectivity index (χ0) is 9.94. The summed E-state index contributed by atoms with van der Waals surface area (Å²) < 4.78 is 1.80. The number of rotatable bonds is 8. The highest BCUT2D eigenvalue weighted by atomic mass is 127. The second kappa shape index (κ2) is 11.1. The quantitative estimate of drug-likeness (QED) is 0.269. The van der Waals surface area contributed by atoms with Gasteiger partial charge in [-0.3, -0.25) is 0 Å². The molecule has 1 atom stereocenters. The lowest BCUT2D eigenvalue weighted by molar-refractivity contribution is 0.470. The van der Waals surface area contributed by atoms with E-state index in [1.807, 2.05) is 6.08 Å². The molecule has 3 heteroatoms. The van der Waals surface area contributed by atoms with Gasteiger partial charge in [-0.1, -0.05) is 70.9 Å². The lowest BCUT2D eigenvalue weighted by Gasteiger charge is -2.03. The monoisotopic (exact) mass is 408 g/mol. The van der Waals surface area contributed by atoms with Crippen LogP contribution in [0.3, 0.4) is 0 Å². The molecule has 0 radical (unpaired) electrons. The molecule has 0 aliphatic carbocycles. The van der Waals surface area contributed by atoms with E-state index in [4.69, 9.17) is 5.11 Å². The summed E-state index contributed by atoms with van der Waals surface area (Å²) in [5.41, 5.74) is 0. The van der Waals surface area contributed by atoms with Crippen molar-refractivity contribution in [1.82, 2.24) is 0 Å². The van der Waals surface area contributed by atoms with Crippen LogP contribution in [0.5, 0.6) is 0 Å². The molecule has 0 aromatic carbocycles. The Balaban J connectivity index is 3.06. The Morgan fingerprint density at radius 3 is 2.31 bits per heavy atom. The highest BCUT2D eigenvalue weighted by Crippen LogP contribution is 2.14. The van der Waals surface area contributed by atoms with Crippen LogP contribution in [-0.4, -0.2) is 13.5 Å². The maximum absolute atomic E-state index is 8.52. The van der Waals surface area contributed by atoms with E-state index >= 15 is 0 Å². The first-order chi connectivity index (χ1) is 6.31. The van der Waals surface area contributed by atoms with E-state index in [2.05, 4.69) is 45.2 Å². The van der Waals surface area contributed by atoms with Crippen LogP contribution >= 0.6 is 45.2 Å². The van der Waals surface area contributed by atoms with Crippen LogP contribution in [0, 0.1) is 0 Å². The van der Waals surface area contributed by atoms with Crippen LogP contribution in [0.2, 0.25) is 0 Å². The number of alkyl halides is 2. The van der Waals surface area contributed by atoms with Gasteiger partial charge in [0.2, 0.25) is 0 Å². The van der Waals surface area contributed by atoms with E-state index in [1.165, 1.54) is 43.0 Å². The molecule has 13 heavy (non-hydrogen) atoms. The van der Waals surface area contributed by atoms with E-state index in [9.17, 15) is 0 Å². The van der Waals surface area contributed by atoms with Gasteiger partial charge in [0.05, 0.1) is 6.26 Å². The van der Waals surface area contributed by atoms with Crippen molar-refractivity contribution in [3.8, 4) is 0 Å². The molecular weight excluding hydrogens is 390 g/mol. The van der Waals surface area contributed by atoms with Gasteiger partial charge in [0, 0.05) is 3.92 Å². The molecule has 0 aliphatic heterocycles. The number of aliphatic hydroxyl groups excluding tert-OH is 1. The van der Waals surface area contributed by atoms with Gasteiger partial charge in [0.25, 0.3) is 0 Å². The van der Waals surface area contributed by atoms with Crippen molar-refractivity contribution in [3.63, 3.8) is 0 Å². The minimum atomic E-state index is 0.507. The molecule has 0 heterocycles. The minimum absolute atomic E-state index is 0.507. The predicted octanol–water partition coefficient (Wildman–Crippen LogP) is 4.64. The predicted molar refractivity (Wildman–Crippen MR) is 76.2 cm³/mol. The molecule has 0 fully saturated rings. The number of aliphatic hydroxyl groups is 1. The van der Waals surface area contributed by atoms with Crippen molar-refractivity contribution in [2.24, 2.45) is 0 Å². The Labute approximate surface area is 109 Å². The van der Waals surface area contributed by atoms with Gasteiger partial charge in [-0.2, -0.15) is 0 Å². The number of hydrogen-bond donors (Lipinski definition) is 1. The Morgan fingerprint density at radius 1 is 1.08 bits per heavy atom. The largest absolute Gasteiger partial charge is 0.516 e. The number of unbranched alkanes of at least 4 members (excludes halogenated alkanes) is 4. The van der Waals surface area contributed by atoms with Crippen molar-refractivity contribution in [2.45, 2.75) is 42.4 Å². The second-order valence-corrected chi connectivity index (χ2v) is 5.78. The molecule has 0 rings (SSSR count). The standard InChI is InChI=1S/C10H18I2O/c11-8-5-3-1-2-4-6-10(12)7-9-13/h7,9-10,13H,1-6,8H2. The zero-order valence-electron chi connectivity index (χ0n) is 7.88. The van der Waals surface area contributed by atoms with E-state index in [-0.39, 0.29) is 0 Å². The molecule has 0 aromatic heterocycles. The first-order valence-corrected chi connectivity index (χ1v) is 7.59. The fourth-order valence-electron chi connectivity index (χ4n) is 1.15. The third-order valence-corrected chi connectivity index (χ3v) is 3.71. The van der Waals surface area contributed by atoms with E-state index < -0.39 is 0 Å². The van der Waals surface area contributed by atoms with Crippen LogP contribution < -0.4 is 0 Å². The average molecular weight is 408 g/mol. The maximum atomic E-state index is 8.52. The average Bonchev–Trinajstić information content (AvgIpc) is 2.11. The first-order valence-electron chi connectivity index (χ1n) is 4.82. The molecule has 0 saturated heterocycles. The highest BCUT2D eigenvalue weighted by molar-refractivity contribution is 14.1. The lowest BCUT2D eigenvalue weighted by atomic mass is 10.1. The van der Waals surface area contributed by atoms with Crippen molar-refractivity contribution in [1.29, 1.82) is 0 Å². The van der Waals surface area contributed by atoms with Crippen molar-refractivity contribution in [2.75, 3.05) is 4.43 Å². The summed E-state index contributed by atoms with van der Waals surface area (Å²) in [6, 6.07) is 0. The summed E-state index contributed by atoms with van der Waals surface area (Å²) in [6.45, 7) is 0. The summed E-state index contributed by atoms with van der Waals surface area (Å²) in [5.74, 6) is 0. The van der Waals surface area contributed by atoms with Gasteiger partial charge < -0.3 is 5.11 Å². The lowest BCUT2D eigenvalue weighted by Crippen LogP contribution is -1.92. The molecule has 78 valence electrons. The van der Waals surface area contributed by atoms with Crippen LogP contribution in [0.15, 0.2) is 12.3 Å². The summed E-state index contributed by atoms with van der Waals surface area (Å²) in [6.07, 6.45) is 11.0. The molecule has 0 saturated carbocycles. The highest BCUT2D eigenvalue weighted by Gasteiger charge is 1.98. The van der Waals surface area contributed by atoms with Crippen molar-refractivity contribution in [3.05, 3.63) is 12.3 Å². The van der Waals surface area contributed by atoms with Gasteiger partial charge in [-0.25, -0.2) is 0 Å². The van der Waals surface area contributed by atoms with Crippen LogP contribution in [0.1, 0.15) is 38.5 Å². The number of hydrogen-bond acceptors (Lipinski definition) is 1. The summed E-state index contributed by atoms with van der Waals surface area (Å²) in [5, 5.41) is 8.52. The molecule has 1 nitrogen and oxygen atoms in total. The van der Waals surface area contributed by atoms with E-state index in [0.29, 0.717) is 3.92 Å². The van der Waals surface area contributed by atoms with Crippen molar-refractivity contribution < 1.29 is 5.11 Å². The molecule has 0 bridgehead atoms. The third kappa shape index (κ3) is 10.9. The summed E-state index contributed by atoms with van der Waals surface area (Å²) in [4.78, 5) is 0. The van der Waals surface area contributed by atoms with Gasteiger partial charge in [0.1, 0.15) is 0 Å². The topological polar surface area (TPSA) is 20.2 Å². The third-order valence-electron chi connectivity index (χ3n) is 1.91. The Morgan fingerprint density at radius 2 is 1.69 bits per heavy atom. The Bertz CT molecular complexity index is 126. The fourth-order valence-corrected chi connectivity index (χ4v) is 2.32. The molecule has 0 aromatic rings. The molecule has 0 amide bonds. The SMILES string of the molecule is OC=CC(I)CCCCCCCI. The fraction of sp³-hybridized carbons (Fsp3) is 0.800. The van der Waals surface area contributed by atoms with Gasteiger partial charge in [-0.15, -0.1) is 0 Å². The van der Waals surface area contributed by atoms with Gasteiger partial charge in [-0.05, 0) is 23.3 Å². The van der Waals surface area contributed by atoms with E-state index in [1.54, 1.807) is 0 Å². The Hall–Kier alpha value is 1.00. The maximum Gasteiger partial charge on any atom is 0.0762 e. The number of halogens is 2. The smallest absolute Gasteiger partial charge is 0.0762 e. The molecule has 1 unspecified atom stereocenters. The van der Waals surface area contributed by atoms with E-state index in [0.717, 1.165) is 6.26 Å². The summed E-state index contributed by atoms with van der Waals surface area (Å²) in [7, 11) is 0. The normalized spacial score (nSPS) is 13.7. The summed E-state index contributed by atoms with van der Waals surface area (Å²) >= 11 is 4.79. The van der Waals surface area contributed by atoms with Gasteiger partial charge in [0.15, 0.2) is 0 Å². The van der Waals surface area contributed by atoms with Crippen molar-refractivity contribution >= 4 is 45.2 Å². The minimum Gasteiger partial charge on any atom is -0.516 e. The Kier molecular flexibility index (Phi) is 11.9. The molecule has 0 aliphatic rings. The second-order valence-electron chi connectivity index (χ2n) is 3.10. The van der Waals surface area contributed by atoms with Crippen LogP contribution in [0.4, 0.5) is 0 Å². The zero-order valence-corrected chi connectivity index (χ0v) is 12.2. The molecule has 0 spiro atoms. The van der Waals surface area contributed by atoms with Gasteiger partial charge >= 0.3 is 0 Å².